The zero-order valence-corrected chi connectivity index (χ0v) is 11.6. The predicted octanol–water partition coefficient (Wildman–Crippen LogP) is 1.63. The van der Waals surface area contributed by atoms with Gasteiger partial charge < -0.3 is 16.3 Å². The van der Waals surface area contributed by atoms with Crippen molar-refractivity contribution in [3.05, 3.63) is 34.3 Å². The number of carbonyl (C=O) groups excluding carboxylic acids is 1. The summed E-state index contributed by atoms with van der Waals surface area (Å²) in [4.78, 5) is 11.7. The van der Waals surface area contributed by atoms with Crippen LogP contribution in [0.15, 0.2) is 33.9 Å². The molecule has 0 aliphatic heterocycles. The van der Waals surface area contributed by atoms with Crippen LogP contribution >= 0.6 is 15.9 Å². The second-order valence-corrected chi connectivity index (χ2v) is 4.99. The molecule has 0 aliphatic rings. The Morgan fingerprint density at radius 1 is 1.61 bits per heavy atom. The Morgan fingerprint density at radius 2 is 2.33 bits per heavy atom. The minimum atomic E-state index is -0.166. The smallest absolute Gasteiger partial charge is 0.224 e. The first kappa shape index (κ1) is 14.5. The molecule has 6 heteroatoms. The summed E-state index contributed by atoms with van der Waals surface area (Å²) in [5.74, 6) is 0.0107. The Balaban J connectivity index is 2.47. The molecule has 1 amide bonds. The van der Waals surface area contributed by atoms with Crippen LogP contribution in [0.2, 0.25) is 0 Å². The van der Waals surface area contributed by atoms with E-state index in [9.17, 15) is 4.79 Å². The quantitative estimate of drug-likeness (QED) is 0.334. The molecular weight excluding hydrogens is 298 g/mol. The maximum Gasteiger partial charge on any atom is 0.224 e. The molecule has 1 unspecified atom stereocenters. The van der Waals surface area contributed by atoms with Gasteiger partial charge in [0, 0.05) is 16.9 Å². The van der Waals surface area contributed by atoms with Gasteiger partial charge in [0.25, 0.3) is 0 Å². The molecule has 98 valence electrons. The van der Waals surface area contributed by atoms with Crippen LogP contribution in [0, 0.1) is 0 Å². The average Bonchev–Trinajstić information content (AvgIpc) is 2.28. The number of hydrogen-bond acceptors (Lipinski definition) is 3. The van der Waals surface area contributed by atoms with E-state index in [0.717, 1.165) is 10.0 Å². The molecule has 18 heavy (non-hydrogen) atoms. The molecule has 0 aromatic heterocycles. The minimum absolute atomic E-state index is 0.0914. The topological polar surface area (TPSA) is 87.7 Å². The van der Waals surface area contributed by atoms with Crippen molar-refractivity contribution in [2.45, 2.75) is 25.8 Å². The third-order valence-electron chi connectivity index (χ3n) is 2.30. The molecule has 0 radical (unpaired) electrons. The summed E-state index contributed by atoms with van der Waals surface area (Å²) in [5.41, 5.74) is 6.29. The van der Waals surface area contributed by atoms with Crippen molar-refractivity contribution in [3.63, 3.8) is 0 Å². The van der Waals surface area contributed by atoms with Crippen LogP contribution in [-0.4, -0.2) is 23.0 Å². The maximum atomic E-state index is 11.7. The number of carbonyl (C=O) groups is 1. The molecule has 1 rings (SSSR count). The first-order valence-corrected chi connectivity index (χ1v) is 6.30. The second kappa shape index (κ2) is 7.00. The van der Waals surface area contributed by atoms with E-state index in [4.69, 9.17) is 10.9 Å². The summed E-state index contributed by atoms with van der Waals surface area (Å²) in [6.45, 7) is 1.80. The molecule has 5 nitrogen and oxygen atoms in total. The van der Waals surface area contributed by atoms with Crippen LogP contribution < -0.4 is 11.1 Å². The van der Waals surface area contributed by atoms with Crippen molar-refractivity contribution in [1.82, 2.24) is 5.32 Å². The number of benzene rings is 1. The van der Waals surface area contributed by atoms with E-state index in [-0.39, 0.29) is 17.8 Å². The third-order valence-corrected chi connectivity index (χ3v) is 2.80. The van der Waals surface area contributed by atoms with Crippen molar-refractivity contribution in [2.75, 3.05) is 0 Å². The number of amidine groups is 1. The summed E-state index contributed by atoms with van der Waals surface area (Å²) in [6.07, 6.45) is 0.626. The van der Waals surface area contributed by atoms with Gasteiger partial charge in [0.15, 0.2) is 0 Å². The van der Waals surface area contributed by atoms with Gasteiger partial charge in [-0.05, 0) is 24.6 Å². The summed E-state index contributed by atoms with van der Waals surface area (Å²) in [7, 11) is 0. The van der Waals surface area contributed by atoms with Crippen molar-refractivity contribution in [3.8, 4) is 0 Å². The lowest BCUT2D eigenvalue weighted by Crippen LogP contribution is -2.36. The van der Waals surface area contributed by atoms with Gasteiger partial charge in [-0.1, -0.05) is 33.2 Å². The third kappa shape index (κ3) is 5.18. The Kier molecular flexibility index (Phi) is 5.64. The van der Waals surface area contributed by atoms with Gasteiger partial charge in [-0.3, -0.25) is 4.79 Å². The van der Waals surface area contributed by atoms with Crippen molar-refractivity contribution >= 4 is 27.7 Å². The lowest BCUT2D eigenvalue weighted by Gasteiger charge is -2.13. The number of amides is 1. The highest BCUT2D eigenvalue weighted by molar-refractivity contribution is 9.10. The van der Waals surface area contributed by atoms with E-state index >= 15 is 0 Å². The maximum absolute atomic E-state index is 11.7. The predicted molar refractivity (Wildman–Crippen MR) is 73.5 cm³/mol. The summed E-state index contributed by atoms with van der Waals surface area (Å²) in [5, 5.41) is 14.1. The molecule has 1 atom stereocenters. The lowest BCUT2D eigenvalue weighted by atomic mass is 10.1. The number of nitrogens with two attached hydrogens (primary N) is 1. The zero-order chi connectivity index (χ0) is 13.5. The van der Waals surface area contributed by atoms with Crippen LogP contribution in [0.1, 0.15) is 18.9 Å². The minimum Gasteiger partial charge on any atom is -0.409 e. The molecule has 0 heterocycles. The highest BCUT2D eigenvalue weighted by Crippen LogP contribution is 2.12. The fourth-order valence-electron chi connectivity index (χ4n) is 1.56. The first-order valence-electron chi connectivity index (χ1n) is 5.51. The number of oxime groups is 1. The summed E-state index contributed by atoms with van der Waals surface area (Å²) >= 11 is 3.35. The monoisotopic (exact) mass is 313 g/mol. The number of nitrogens with zero attached hydrogens (tertiary/aromatic N) is 1. The van der Waals surface area contributed by atoms with E-state index in [2.05, 4.69) is 26.4 Å². The fraction of sp³-hybridized carbons (Fsp3) is 0.333. The lowest BCUT2D eigenvalue weighted by molar-refractivity contribution is -0.121. The van der Waals surface area contributed by atoms with Crippen LogP contribution in [0.25, 0.3) is 0 Å². The Labute approximate surface area is 114 Å². The van der Waals surface area contributed by atoms with Gasteiger partial charge in [-0.2, -0.15) is 0 Å². The van der Waals surface area contributed by atoms with Crippen LogP contribution in [0.4, 0.5) is 0 Å². The number of halogens is 1. The molecule has 0 saturated carbocycles. The van der Waals surface area contributed by atoms with Crippen LogP contribution in [0.3, 0.4) is 0 Å². The zero-order valence-electron chi connectivity index (χ0n) is 10.1. The molecule has 4 N–H and O–H groups in total. The molecule has 1 aromatic rings. The molecule has 0 spiro atoms. The number of nitrogens with one attached hydrogen (secondary N) is 1. The molecular formula is C12H16BrN3O2. The fourth-order valence-corrected chi connectivity index (χ4v) is 2.01. The van der Waals surface area contributed by atoms with Gasteiger partial charge in [-0.15, -0.1) is 0 Å². The summed E-state index contributed by atoms with van der Waals surface area (Å²) < 4.78 is 0.942. The van der Waals surface area contributed by atoms with Crippen molar-refractivity contribution in [2.24, 2.45) is 10.9 Å². The van der Waals surface area contributed by atoms with Gasteiger partial charge in [0.05, 0.1) is 6.42 Å². The van der Waals surface area contributed by atoms with Crippen molar-refractivity contribution < 1.29 is 10.0 Å². The largest absolute Gasteiger partial charge is 0.409 e. The Hall–Kier alpha value is -1.56. The highest BCUT2D eigenvalue weighted by Gasteiger charge is 2.10. The molecule has 0 fully saturated rings. The number of rotatable bonds is 5. The normalized spacial score (nSPS) is 13.1. The molecule has 0 aliphatic carbocycles. The van der Waals surface area contributed by atoms with Gasteiger partial charge in [0.2, 0.25) is 5.91 Å². The van der Waals surface area contributed by atoms with Crippen LogP contribution in [0.5, 0.6) is 0 Å². The van der Waals surface area contributed by atoms with E-state index < -0.39 is 0 Å². The summed E-state index contributed by atoms with van der Waals surface area (Å²) in [6, 6.07) is 7.40. The van der Waals surface area contributed by atoms with Gasteiger partial charge in [0.1, 0.15) is 5.84 Å². The SMILES string of the molecule is CC(CC(N)=NO)NC(=O)Cc1cccc(Br)c1. The van der Waals surface area contributed by atoms with Gasteiger partial charge in [-0.25, -0.2) is 0 Å². The van der Waals surface area contributed by atoms with E-state index in [1.807, 2.05) is 24.3 Å². The first-order chi connectivity index (χ1) is 8.51. The number of hydrogen-bond donors (Lipinski definition) is 3. The molecule has 1 aromatic carbocycles. The van der Waals surface area contributed by atoms with E-state index in [0.29, 0.717) is 12.8 Å². The standard InChI is InChI=1S/C12H16BrN3O2/c1-8(5-11(14)16-18)15-12(17)7-9-3-2-4-10(13)6-9/h2-4,6,8,18H,5,7H2,1H3,(H2,14,16)(H,15,17). The average molecular weight is 314 g/mol. The Bertz CT molecular complexity index is 449. The highest BCUT2D eigenvalue weighted by atomic mass is 79.9. The molecule has 0 saturated heterocycles. The van der Waals surface area contributed by atoms with Crippen molar-refractivity contribution in [1.29, 1.82) is 0 Å². The van der Waals surface area contributed by atoms with Crippen LogP contribution in [-0.2, 0) is 11.2 Å². The van der Waals surface area contributed by atoms with Gasteiger partial charge >= 0.3 is 0 Å². The Morgan fingerprint density at radius 3 is 2.94 bits per heavy atom. The van der Waals surface area contributed by atoms with E-state index in [1.54, 1.807) is 6.92 Å². The second-order valence-electron chi connectivity index (χ2n) is 4.07. The molecule has 0 bridgehead atoms. The van der Waals surface area contributed by atoms with E-state index in [1.165, 1.54) is 0 Å².